The molecule has 11 heavy (non-hydrogen) atoms. The van der Waals surface area contributed by atoms with Crippen LogP contribution in [0.2, 0.25) is 0 Å². The van der Waals surface area contributed by atoms with Crippen LogP contribution in [-0.4, -0.2) is 7.11 Å². The van der Waals surface area contributed by atoms with Crippen LogP contribution >= 0.6 is 11.3 Å². The Morgan fingerprint density at radius 2 is 2.45 bits per heavy atom. The molecule has 0 N–H and O–H groups in total. The third-order valence-corrected chi connectivity index (χ3v) is 2.46. The van der Waals surface area contributed by atoms with Crippen molar-refractivity contribution in [3.05, 3.63) is 29.6 Å². The molecular formula is C9H7OS. The molecule has 1 aromatic heterocycles. The van der Waals surface area contributed by atoms with Gasteiger partial charge in [0, 0.05) is 10.8 Å². The van der Waals surface area contributed by atoms with Crippen molar-refractivity contribution in [1.82, 2.24) is 0 Å². The highest BCUT2D eigenvalue weighted by Crippen LogP contribution is 2.24. The lowest BCUT2D eigenvalue weighted by molar-refractivity contribution is 0.414. The molecule has 0 unspecified atom stereocenters. The van der Waals surface area contributed by atoms with E-state index < -0.39 is 0 Å². The van der Waals surface area contributed by atoms with E-state index in [-0.39, 0.29) is 0 Å². The van der Waals surface area contributed by atoms with E-state index in [4.69, 9.17) is 4.74 Å². The van der Waals surface area contributed by atoms with E-state index in [0.717, 1.165) is 5.75 Å². The SMILES string of the molecule is COc1[c]cc2sccc2c1. The molecule has 2 rings (SSSR count). The maximum atomic E-state index is 5.04. The number of fused-ring (bicyclic) bond motifs is 1. The molecular weight excluding hydrogens is 156 g/mol. The lowest BCUT2D eigenvalue weighted by atomic mass is 10.2. The van der Waals surface area contributed by atoms with Gasteiger partial charge in [-0.2, -0.15) is 0 Å². The molecule has 2 aromatic rings. The smallest absolute Gasteiger partial charge is 0.127 e. The fourth-order valence-electron chi connectivity index (χ4n) is 1.00. The average Bonchev–Trinajstić information content (AvgIpc) is 2.50. The lowest BCUT2D eigenvalue weighted by Crippen LogP contribution is -1.80. The van der Waals surface area contributed by atoms with Crippen molar-refractivity contribution in [2.45, 2.75) is 0 Å². The van der Waals surface area contributed by atoms with Crippen LogP contribution in [-0.2, 0) is 0 Å². The van der Waals surface area contributed by atoms with Crippen molar-refractivity contribution in [3.63, 3.8) is 0 Å². The minimum atomic E-state index is 0.802. The van der Waals surface area contributed by atoms with Crippen molar-refractivity contribution in [2.24, 2.45) is 0 Å². The number of hydrogen-bond acceptors (Lipinski definition) is 2. The zero-order chi connectivity index (χ0) is 7.68. The predicted molar refractivity (Wildman–Crippen MR) is 47.2 cm³/mol. The Hall–Kier alpha value is -1.02. The molecule has 0 amide bonds. The molecule has 0 saturated carbocycles. The number of thiophene rings is 1. The second-order valence-corrected chi connectivity index (χ2v) is 3.19. The van der Waals surface area contributed by atoms with Crippen LogP contribution in [0.15, 0.2) is 23.6 Å². The Morgan fingerprint density at radius 3 is 3.27 bits per heavy atom. The van der Waals surface area contributed by atoms with Gasteiger partial charge in [0.05, 0.1) is 7.11 Å². The van der Waals surface area contributed by atoms with E-state index in [2.05, 4.69) is 17.5 Å². The minimum Gasteiger partial charge on any atom is -0.496 e. The van der Waals surface area contributed by atoms with Gasteiger partial charge in [0.15, 0.2) is 0 Å². The van der Waals surface area contributed by atoms with E-state index in [1.54, 1.807) is 18.4 Å². The first-order chi connectivity index (χ1) is 5.40. The summed E-state index contributed by atoms with van der Waals surface area (Å²) in [7, 11) is 1.66. The van der Waals surface area contributed by atoms with Crippen molar-refractivity contribution in [1.29, 1.82) is 0 Å². The van der Waals surface area contributed by atoms with Crippen LogP contribution in [0, 0.1) is 6.07 Å². The highest BCUT2D eigenvalue weighted by atomic mass is 32.1. The topological polar surface area (TPSA) is 9.23 Å². The monoisotopic (exact) mass is 163 g/mol. The van der Waals surface area contributed by atoms with Crippen LogP contribution < -0.4 is 4.74 Å². The second kappa shape index (κ2) is 2.55. The number of rotatable bonds is 1. The molecule has 0 aliphatic heterocycles. The first-order valence-electron chi connectivity index (χ1n) is 3.33. The van der Waals surface area contributed by atoms with Gasteiger partial charge in [-0.25, -0.2) is 0 Å². The maximum Gasteiger partial charge on any atom is 0.127 e. The van der Waals surface area contributed by atoms with Gasteiger partial charge >= 0.3 is 0 Å². The predicted octanol–water partition coefficient (Wildman–Crippen LogP) is 2.71. The van der Waals surface area contributed by atoms with Gasteiger partial charge in [0.1, 0.15) is 5.75 Å². The molecule has 0 fully saturated rings. The van der Waals surface area contributed by atoms with Gasteiger partial charge in [-0.05, 0) is 29.0 Å². The summed E-state index contributed by atoms with van der Waals surface area (Å²) in [4.78, 5) is 0. The Labute approximate surface area is 69.2 Å². The van der Waals surface area contributed by atoms with E-state index >= 15 is 0 Å². The molecule has 55 valence electrons. The summed E-state index contributed by atoms with van der Waals surface area (Å²) in [6, 6.07) is 9.06. The standard InChI is InChI=1S/C9H7OS/c1-10-8-2-3-9-7(6-8)4-5-11-9/h3-6H,1H3. The first-order valence-corrected chi connectivity index (χ1v) is 4.21. The Morgan fingerprint density at radius 1 is 1.55 bits per heavy atom. The molecule has 0 atom stereocenters. The zero-order valence-corrected chi connectivity index (χ0v) is 6.94. The van der Waals surface area contributed by atoms with Crippen LogP contribution in [0.25, 0.3) is 10.1 Å². The third kappa shape index (κ3) is 1.10. The summed E-state index contributed by atoms with van der Waals surface area (Å²) in [6.45, 7) is 0. The summed E-state index contributed by atoms with van der Waals surface area (Å²) in [5.41, 5.74) is 0. The van der Waals surface area contributed by atoms with Gasteiger partial charge in [-0.1, -0.05) is 0 Å². The minimum absolute atomic E-state index is 0.802. The van der Waals surface area contributed by atoms with Gasteiger partial charge in [0.2, 0.25) is 0 Å². The molecule has 0 bridgehead atoms. The Kier molecular flexibility index (Phi) is 1.55. The average molecular weight is 163 g/mol. The second-order valence-electron chi connectivity index (χ2n) is 2.24. The van der Waals surface area contributed by atoms with Crippen LogP contribution in [0.3, 0.4) is 0 Å². The molecule has 0 aliphatic rings. The van der Waals surface area contributed by atoms with Gasteiger partial charge in [-0.3, -0.25) is 0 Å². The summed E-state index contributed by atoms with van der Waals surface area (Å²) >= 11 is 1.72. The molecule has 1 heterocycles. The normalized spacial score (nSPS) is 10.3. The summed E-state index contributed by atoms with van der Waals surface area (Å²) in [5, 5.41) is 3.29. The van der Waals surface area contributed by atoms with Crippen molar-refractivity contribution >= 4 is 21.4 Å². The van der Waals surface area contributed by atoms with Crippen molar-refractivity contribution in [2.75, 3.05) is 7.11 Å². The number of benzene rings is 1. The van der Waals surface area contributed by atoms with Crippen molar-refractivity contribution in [3.8, 4) is 5.75 Å². The highest BCUT2D eigenvalue weighted by Gasteiger charge is 1.95. The summed E-state index contributed by atoms with van der Waals surface area (Å²) in [6.07, 6.45) is 0. The van der Waals surface area contributed by atoms with Gasteiger partial charge in [0.25, 0.3) is 0 Å². The number of ether oxygens (including phenoxy) is 1. The largest absolute Gasteiger partial charge is 0.496 e. The Balaban J connectivity index is 2.67. The van der Waals surface area contributed by atoms with E-state index in [9.17, 15) is 0 Å². The molecule has 1 nitrogen and oxygen atoms in total. The lowest BCUT2D eigenvalue weighted by Gasteiger charge is -1.96. The van der Waals surface area contributed by atoms with Crippen LogP contribution in [0.4, 0.5) is 0 Å². The summed E-state index contributed by atoms with van der Waals surface area (Å²) in [5.74, 6) is 0.802. The van der Waals surface area contributed by atoms with E-state index in [1.165, 1.54) is 10.1 Å². The first kappa shape index (κ1) is 6.68. The van der Waals surface area contributed by atoms with Gasteiger partial charge < -0.3 is 4.74 Å². The molecule has 0 saturated heterocycles. The fraction of sp³-hybridized carbons (Fsp3) is 0.111. The molecule has 1 aromatic carbocycles. The van der Waals surface area contributed by atoms with E-state index in [0.29, 0.717) is 0 Å². The van der Waals surface area contributed by atoms with E-state index in [1.807, 2.05) is 12.1 Å². The highest BCUT2D eigenvalue weighted by molar-refractivity contribution is 7.17. The molecule has 2 heteroatoms. The summed E-state index contributed by atoms with van der Waals surface area (Å²) < 4.78 is 6.30. The number of methoxy groups -OCH3 is 1. The zero-order valence-electron chi connectivity index (χ0n) is 6.13. The van der Waals surface area contributed by atoms with Crippen LogP contribution in [0.5, 0.6) is 5.75 Å². The van der Waals surface area contributed by atoms with Crippen molar-refractivity contribution < 1.29 is 4.74 Å². The number of hydrogen-bond donors (Lipinski definition) is 0. The quantitative estimate of drug-likeness (QED) is 0.628. The molecule has 0 aliphatic carbocycles. The molecule has 0 spiro atoms. The van der Waals surface area contributed by atoms with Crippen LogP contribution in [0.1, 0.15) is 0 Å². The fourth-order valence-corrected chi connectivity index (χ4v) is 1.76. The third-order valence-electron chi connectivity index (χ3n) is 1.58. The van der Waals surface area contributed by atoms with Gasteiger partial charge in [-0.15, -0.1) is 11.3 Å². The Bertz CT molecular complexity index is 364. The maximum absolute atomic E-state index is 5.04. The molecule has 1 radical (unpaired) electrons.